The number of methoxy groups -OCH3 is 1. The van der Waals surface area contributed by atoms with Crippen LogP contribution in [0.5, 0.6) is 0 Å². The molecule has 0 saturated heterocycles. The van der Waals surface area contributed by atoms with Crippen LogP contribution in [0.2, 0.25) is 5.02 Å². The van der Waals surface area contributed by atoms with Crippen molar-refractivity contribution in [3.05, 3.63) is 81.3 Å². The number of allylic oxidation sites excluding steroid dienone is 1. The van der Waals surface area contributed by atoms with Gasteiger partial charge in [0.25, 0.3) is 0 Å². The lowest BCUT2D eigenvalue weighted by Crippen LogP contribution is -2.54. The first-order valence-corrected chi connectivity index (χ1v) is 11.4. The van der Waals surface area contributed by atoms with Gasteiger partial charge in [-0.15, -0.1) is 0 Å². The number of nitrogens with two attached hydrogens (primary N) is 1. The van der Waals surface area contributed by atoms with E-state index in [1.165, 1.54) is 12.0 Å². The topological polar surface area (TPSA) is 92.9 Å². The van der Waals surface area contributed by atoms with Crippen LogP contribution < -0.4 is 15.5 Å². The second kappa shape index (κ2) is 7.74. The number of anilines is 2. The molecule has 1 spiro atoms. The number of ether oxygens (including phenoxy) is 1. The standard InChI is InChI=1S/C26H24ClN3O4/c1-14-11-12-18(16(27)13-14)30-19-9-6-10-20(31)21(19)26(22(23(30)28)24(32)34-3)15-7-4-5-8-17(15)29(2)25(26)33/h4-5,7-8,11-13H,6,9-10,28H2,1-3H3. The van der Waals surface area contributed by atoms with E-state index in [-0.39, 0.29) is 29.2 Å². The molecule has 1 atom stereocenters. The minimum atomic E-state index is -1.68. The lowest BCUT2D eigenvalue weighted by atomic mass is 9.63. The van der Waals surface area contributed by atoms with E-state index in [2.05, 4.69) is 0 Å². The van der Waals surface area contributed by atoms with E-state index >= 15 is 0 Å². The maximum atomic E-state index is 14.1. The van der Waals surface area contributed by atoms with Gasteiger partial charge in [-0.2, -0.15) is 0 Å². The van der Waals surface area contributed by atoms with Gasteiger partial charge in [-0.05, 0) is 43.5 Å². The Morgan fingerprint density at radius 1 is 1.12 bits per heavy atom. The molecule has 8 heteroatoms. The minimum absolute atomic E-state index is 0.0320. The van der Waals surface area contributed by atoms with Crippen LogP contribution in [0.3, 0.4) is 0 Å². The molecule has 2 aliphatic heterocycles. The maximum Gasteiger partial charge on any atom is 0.339 e. The number of amides is 1. The highest BCUT2D eigenvalue weighted by atomic mass is 35.5. The molecule has 174 valence electrons. The predicted octanol–water partition coefficient (Wildman–Crippen LogP) is 3.73. The van der Waals surface area contributed by atoms with Gasteiger partial charge < -0.3 is 15.4 Å². The number of para-hydroxylation sites is 1. The first-order chi connectivity index (χ1) is 16.2. The van der Waals surface area contributed by atoms with Crippen LogP contribution in [0.25, 0.3) is 0 Å². The highest BCUT2D eigenvalue weighted by molar-refractivity contribution is 6.33. The van der Waals surface area contributed by atoms with Crippen molar-refractivity contribution in [2.45, 2.75) is 31.6 Å². The Labute approximate surface area is 202 Å². The lowest BCUT2D eigenvalue weighted by Gasteiger charge is -2.44. The average Bonchev–Trinajstić information content (AvgIpc) is 3.03. The molecule has 2 heterocycles. The Morgan fingerprint density at radius 2 is 1.85 bits per heavy atom. The number of nitrogens with zero attached hydrogens (tertiary/aromatic N) is 2. The highest BCUT2D eigenvalue weighted by Gasteiger charge is 2.63. The Morgan fingerprint density at radius 3 is 2.56 bits per heavy atom. The molecule has 2 aromatic carbocycles. The summed E-state index contributed by atoms with van der Waals surface area (Å²) in [5, 5.41) is 0.420. The molecule has 5 rings (SSSR count). The van der Waals surface area contributed by atoms with E-state index < -0.39 is 17.3 Å². The number of hydrogen-bond donors (Lipinski definition) is 1. The number of esters is 1. The van der Waals surface area contributed by atoms with Crippen molar-refractivity contribution in [2.24, 2.45) is 5.73 Å². The molecule has 1 amide bonds. The van der Waals surface area contributed by atoms with Crippen LogP contribution in [0.1, 0.15) is 30.4 Å². The summed E-state index contributed by atoms with van der Waals surface area (Å²) in [5.41, 5.74) is 8.51. The van der Waals surface area contributed by atoms with Crippen LogP contribution in [0, 0.1) is 6.92 Å². The van der Waals surface area contributed by atoms with Crippen molar-refractivity contribution in [1.82, 2.24) is 0 Å². The van der Waals surface area contributed by atoms with Gasteiger partial charge in [0.1, 0.15) is 16.8 Å². The minimum Gasteiger partial charge on any atom is -0.466 e. The van der Waals surface area contributed by atoms with E-state index in [1.807, 2.05) is 19.1 Å². The summed E-state index contributed by atoms with van der Waals surface area (Å²) in [6.07, 6.45) is 1.37. The third-order valence-electron chi connectivity index (χ3n) is 6.93. The van der Waals surface area contributed by atoms with Crippen molar-refractivity contribution in [3.8, 4) is 0 Å². The third kappa shape index (κ3) is 2.73. The van der Waals surface area contributed by atoms with Crippen molar-refractivity contribution in [2.75, 3.05) is 24.0 Å². The van der Waals surface area contributed by atoms with Gasteiger partial charge in [0, 0.05) is 36.0 Å². The van der Waals surface area contributed by atoms with E-state index in [0.29, 0.717) is 40.5 Å². The average molecular weight is 478 g/mol. The van der Waals surface area contributed by atoms with Crippen molar-refractivity contribution < 1.29 is 19.1 Å². The van der Waals surface area contributed by atoms with Gasteiger partial charge in [-0.1, -0.05) is 35.9 Å². The van der Waals surface area contributed by atoms with Gasteiger partial charge in [0.2, 0.25) is 5.91 Å². The van der Waals surface area contributed by atoms with Crippen LogP contribution in [-0.2, 0) is 24.5 Å². The summed E-state index contributed by atoms with van der Waals surface area (Å²) >= 11 is 6.62. The van der Waals surface area contributed by atoms with Gasteiger partial charge in [-0.25, -0.2) is 4.79 Å². The smallest absolute Gasteiger partial charge is 0.339 e. The van der Waals surface area contributed by atoms with Gasteiger partial charge in [0.15, 0.2) is 5.78 Å². The van der Waals surface area contributed by atoms with E-state index in [0.717, 1.165) is 5.56 Å². The Balaban J connectivity index is 1.93. The molecule has 2 aromatic rings. The van der Waals surface area contributed by atoms with Gasteiger partial charge >= 0.3 is 5.97 Å². The summed E-state index contributed by atoms with van der Waals surface area (Å²) in [6, 6.07) is 12.6. The number of aryl methyl sites for hydroxylation is 1. The molecule has 0 radical (unpaired) electrons. The largest absolute Gasteiger partial charge is 0.466 e. The SMILES string of the molecule is COC(=O)C1=C(N)N(c2ccc(C)cc2Cl)C2=C(C(=O)CCC2)C12C(=O)N(C)c1ccccc12. The van der Waals surface area contributed by atoms with Crippen molar-refractivity contribution in [1.29, 1.82) is 0 Å². The predicted molar refractivity (Wildman–Crippen MR) is 129 cm³/mol. The number of benzene rings is 2. The molecule has 0 fully saturated rings. The number of carbonyl (C=O) groups is 3. The van der Waals surface area contributed by atoms with Gasteiger partial charge in [0.05, 0.1) is 17.8 Å². The molecule has 7 nitrogen and oxygen atoms in total. The number of fused-ring (bicyclic) bond motifs is 3. The molecular weight excluding hydrogens is 454 g/mol. The fraction of sp³-hybridized carbons (Fsp3) is 0.269. The summed E-state index contributed by atoms with van der Waals surface area (Å²) in [7, 11) is 2.87. The zero-order chi connectivity index (χ0) is 24.4. The zero-order valence-electron chi connectivity index (χ0n) is 19.1. The monoisotopic (exact) mass is 477 g/mol. The molecule has 3 aliphatic rings. The quantitative estimate of drug-likeness (QED) is 0.662. The molecule has 2 N–H and O–H groups in total. The van der Waals surface area contributed by atoms with E-state index in [4.69, 9.17) is 22.1 Å². The van der Waals surface area contributed by atoms with Crippen LogP contribution in [0.4, 0.5) is 11.4 Å². The maximum absolute atomic E-state index is 14.1. The molecular formula is C26H24ClN3O4. The molecule has 1 aliphatic carbocycles. The van der Waals surface area contributed by atoms with E-state index in [1.54, 1.807) is 42.3 Å². The van der Waals surface area contributed by atoms with Crippen LogP contribution in [0.15, 0.2) is 65.1 Å². The number of halogens is 1. The highest BCUT2D eigenvalue weighted by Crippen LogP contribution is 2.57. The second-order valence-electron chi connectivity index (χ2n) is 8.77. The Kier molecular flexibility index (Phi) is 5.06. The number of ketones is 1. The number of hydrogen-bond acceptors (Lipinski definition) is 6. The fourth-order valence-electron chi connectivity index (χ4n) is 5.52. The van der Waals surface area contributed by atoms with Crippen LogP contribution in [-0.4, -0.2) is 31.8 Å². The molecule has 0 saturated carbocycles. The summed E-state index contributed by atoms with van der Waals surface area (Å²) < 4.78 is 5.15. The number of likely N-dealkylation sites (N-methyl/N-ethyl adjacent to an activating group) is 1. The Hall–Kier alpha value is -3.58. The number of Topliss-reactive ketones (excluding diaryl/α,β-unsaturated/α-hetero) is 1. The second-order valence-corrected chi connectivity index (χ2v) is 9.18. The number of rotatable bonds is 2. The number of carbonyl (C=O) groups excluding carboxylic acids is 3. The summed E-state index contributed by atoms with van der Waals surface area (Å²) in [6.45, 7) is 1.92. The van der Waals surface area contributed by atoms with Crippen molar-refractivity contribution in [3.63, 3.8) is 0 Å². The molecule has 0 bridgehead atoms. The Bertz CT molecular complexity index is 1350. The third-order valence-corrected chi connectivity index (χ3v) is 7.23. The lowest BCUT2D eigenvalue weighted by molar-refractivity contribution is -0.138. The first-order valence-electron chi connectivity index (χ1n) is 11.0. The van der Waals surface area contributed by atoms with Crippen molar-refractivity contribution >= 4 is 40.6 Å². The summed E-state index contributed by atoms with van der Waals surface area (Å²) in [5.74, 6) is -1.34. The first kappa shape index (κ1) is 22.2. The van der Waals surface area contributed by atoms with Crippen LogP contribution >= 0.6 is 11.6 Å². The zero-order valence-corrected chi connectivity index (χ0v) is 19.9. The van der Waals surface area contributed by atoms with Gasteiger partial charge in [-0.3, -0.25) is 14.5 Å². The normalized spacial score (nSPS) is 21.9. The molecule has 34 heavy (non-hydrogen) atoms. The molecule has 0 aromatic heterocycles. The molecule has 1 unspecified atom stereocenters. The van der Waals surface area contributed by atoms with E-state index in [9.17, 15) is 14.4 Å². The fourth-order valence-corrected chi connectivity index (χ4v) is 5.84. The summed E-state index contributed by atoms with van der Waals surface area (Å²) in [4.78, 5) is 44.2.